The van der Waals surface area contributed by atoms with Crippen LogP contribution in [0, 0.1) is 0 Å². The van der Waals surface area contributed by atoms with Gasteiger partial charge in [-0.25, -0.2) is 4.98 Å². The molecular weight excluding hydrogens is 259 g/mol. The maximum Gasteiger partial charge on any atom is 0.255 e. The van der Waals surface area contributed by atoms with Crippen molar-refractivity contribution in [2.75, 3.05) is 7.05 Å². The van der Waals surface area contributed by atoms with E-state index in [0.29, 0.717) is 10.7 Å². The number of carbonyl (C=O) groups excluding carboxylic acids is 1. The van der Waals surface area contributed by atoms with E-state index in [0.717, 1.165) is 19.3 Å². The number of aromatic nitrogens is 1. The van der Waals surface area contributed by atoms with Crippen molar-refractivity contribution < 1.29 is 4.79 Å². The first-order valence-corrected chi connectivity index (χ1v) is 6.28. The normalized spacial score (nSPS) is 33.6. The number of pyridine rings is 1. The summed E-state index contributed by atoms with van der Waals surface area (Å²) in [6.45, 7) is 0. The van der Waals surface area contributed by atoms with Gasteiger partial charge in [-0.2, -0.15) is 0 Å². The van der Waals surface area contributed by atoms with E-state index in [1.807, 2.05) is 11.9 Å². The van der Waals surface area contributed by atoms with E-state index in [2.05, 4.69) is 4.98 Å². The molecule has 3 nitrogen and oxygen atoms in total. The SMILES string of the molecule is CN(C(=O)c1ccc(Cl)nc1)C12CC(Cl)(C1)C2. The van der Waals surface area contributed by atoms with Crippen LogP contribution < -0.4 is 0 Å². The number of nitrogens with zero attached hydrogens (tertiary/aromatic N) is 2. The van der Waals surface area contributed by atoms with Gasteiger partial charge in [-0.1, -0.05) is 11.6 Å². The predicted octanol–water partition coefficient (Wildman–Crippen LogP) is 2.72. The highest BCUT2D eigenvalue weighted by atomic mass is 35.5. The predicted molar refractivity (Wildman–Crippen MR) is 66.5 cm³/mol. The van der Waals surface area contributed by atoms with Crippen LogP contribution in [-0.2, 0) is 0 Å². The van der Waals surface area contributed by atoms with Gasteiger partial charge in [-0.15, -0.1) is 11.6 Å². The minimum Gasteiger partial charge on any atom is -0.336 e. The van der Waals surface area contributed by atoms with Crippen molar-refractivity contribution in [3.05, 3.63) is 29.0 Å². The number of rotatable bonds is 2. The highest BCUT2D eigenvalue weighted by molar-refractivity contribution is 6.29. The number of hydrogen-bond acceptors (Lipinski definition) is 2. The number of amides is 1. The van der Waals surface area contributed by atoms with E-state index < -0.39 is 0 Å². The fourth-order valence-corrected chi connectivity index (χ4v) is 3.74. The van der Waals surface area contributed by atoms with Crippen molar-refractivity contribution >= 4 is 29.1 Å². The lowest BCUT2D eigenvalue weighted by Crippen LogP contribution is -2.76. The van der Waals surface area contributed by atoms with E-state index in [1.165, 1.54) is 6.20 Å². The van der Waals surface area contributed by atoms with Crippen molar-refractivity contribution in [1.82, 2.24) is 9.88 Å². The van der Waals surface area contributed by atoms with Crippen LogP contribution in [0.25, 0.3) is 0 Å². The van der Waals surface area contributed by atoms with Gasteiger partial charge in [-0.05, 0) is 31.4 Å². The Labute approximate surface area is 110 Å². The molecule has 3 aliphatic carbocycles. The summed E-state index contributed by atoms with van der Waals surface area (Å²) in [6.07, 6.45) is 4.24. The van der Waals surface area contributed by atoms with Gasteiger partial charge in [0, 0.05) is 18.8 Å². The second-order valence-corrected chi connectivity index (χ2v) is 6.33. The summed E-state index contributed by atoms with van der Waals surface area (Å²) >= 11 is 11.9. The van der Waals surface area contributed by atoms with E-state index in [-0.39, 0.29) is 16.3 Å². The van der Waals surface area contributed by atoms with E-state index in [4.69, 9.17) is 23.2 Å². The van der Waals surface area contributed by atoms with Gasteiger partial charge in [0.2, 0.25) is 0 Å². The lowest BCUT2D eigenvalue weighted by Gasteiger charge is -2.70. The molecule has 3 saturated carbocycles. The first kappa shape index (κ1) is 11.3. The van der Waals surface area contributed by atoms with Crippen LogP contribution in [0.1, 0.15) is 29.6 Å². The summed E-state index contributed by atoms with van der Waals surface area (Å²) in [5.41, 5.74) is 0.573. The van der Waals surface area contributed by atoms with Gasteiger partial charge < -0.3 is 4.90 Å². The summed E-state index contributed by atoms with van der Waals surface area (Å²) in [5, 5.41) is 0.398. The minimum absolute atomic E-state index is 0.00152. The molecule has 1 amide bonds. The largest absolute Gasteiger partial charge is 0.336 e. The molecular formula is C12H12Cl2N2O. The highest BCUT2D eigenvalue weighted by Gasteiger charge is 2.69. The minimum atomic E-state index is -0.0210. The molecule has 0 N–H and O–H groups in total. The maximum atomic E-state index is 12.2. The van der Waals surface area contributed by atoms with Crippen LogP contribution in [0.5, 0.6) is 0 Å². The van der Waals surface area contributed by atoms with Crippen molar-refractivity contribution in [3.63, 3.8) is 0 Å². The smallest absolute Gasteiger partial charge is 0.255 e. The topological polar surface area (TPSA) is 33.2 Å². The van der Waals surface area contributed by atoms with Gasteiger partial charge in [0.15, 0.2) is 0 Å². The number of carbonyl (C=O) groups is 1. The molecule has 1 aromatic heterocycles. The van der Waals surface area contributed by atoms with Gasteiger partial charge in [0.05, 0.1) is 10.4 Å². The summed E-state index contributed by atoms with van der Waals surface area (Å²) in [7, 11) is 1.84. The Hall–Kier alpha value is -0.800. The first-order chi connectivity index (χ1) is 7.94. The summed E-state index contributed by atoms with van der Waals surface area (Å²) in [4.78, 5) is 17.9. The Morgan fingerprint density at radius 2 is 2.06 bits per heavy atom. The second-order valence-electron chi connectivity index (χ2n) is 5.14. The molecule has 1 heterocycles. The van der Waals surface area contributed by atoms with Gasteiger partial charge >= 0.3 is 0 Å². The quantitative estimate of drug-likeness (QED) is 0.612. The monoisotopic (exact) mass is 270 g/mol. The Bertz CT molecular complexity index is 466. The zero-order valence-electron chi connectivity index (χ0n) is 9.41. The Morgan fingerprint density at radius 3 is 2.53 bits per heavy atom. The molecule has 3 aliphatic rings. The third-order valence-corrected chi connectivity index (χ3v) is 4.55. The average Bonchev–Trinajstić information content (AvgIpc) is 2.23. The molecule has 3 fully saturated rings. The van der Waals surface area contributed by atoms with Crippen LogP contribution in [0.3, 0.4) is 0 Å². The Kier molecular flexibility index (Phi) is 2.23. The molecule has 1 aromatic rings. The number of halogens is 2. The van der Waals surface area contributed by atoms with Crippen molar-refractivity contribution in [3.8, 4) is 0 Å². The molecule has 5 heteroatoms. The van der Waals surface area contributed by atoms with E-state index in [9.17, 15) is 4.79 Å². The summed E-state index contributed by atoms with van der Waals surface area (Å²) in [5.74, 6) is -0.00687. The highest BCUT2D eigenvalue weighted by Crippen LogP contribution is 2.67. The van der Waals surface area contributed by atoms with Crippen LogP contribution in [0.4, 0.5) is 0 Å². The van der Waals surface area contributed by atoms with Crippen molar-refractivity contribution in [2.45, 2.75) is 29.7 Å². The van der Waals surface area contributed by atoms with E-state index >= 15 is 0 Å². The molecule has 17 heavy (non-hydrogen) atoms. The molecule has 0 radical (unpaired) electrons. The van der Waals surface area contributed by atoms with Gasteiger partial charge in [-0.3, -0.25) is 4.79 Å². The standard InChI is InChI=1S/C12H12Cl2N2O/c1-16(12-5-11(14,6-12)7-12)10(17)8-2-3-9(13)15-4-8/h2-4H,5-7H2,1H3. The summed E-state index contributed by atoms with van der Waals surface area (Å²) in [6, 6.07) is 3.34. The lowest BCUT2D eigenvalue weighted by atomic mass is 9.48. The van der Waals surface area contributed by atoms with E-state index in [1.54, 1.807) is 12.1 Å². The molecule has 0 saturated heterocycles. The molecule has 0 unspecified atom stereocenters. The Morgan fingerprint density at radius 1 is 1.41 bits per heavy atom. The Balaban J connectivity index is 1.77. The second kappa shape index (κ2) is 3.36. The number of alkyl halides is 1. The van der Waals surface area contributed by atoms with Gasteiger partial charge in [0.25, 0.3) is 5.91 Å². The number of hydrogen-bond donors (Lipinski definition) is 0. The zero-order chi connectivity index (χ0) is 12.3. The van der Waals surface area contributed by atoms with Crippen molar-refractivity contribution in [1.29, 1.82) is 0 Å². The molecule has 0 aliphatic heterocycles. The molecule has 0 spiro atoms. The van der Waals surface area contributed by atoms with Crippen LogP contribution in [0.2, 0.25) is 5.15 Å². The molecule has 90 valence electrons. The first-order valence-electron chi connectivity index (χ1n) is 5.53. The average molecular weight is 271 g/mol. The molecule has 0 atom stereocenters. The summed E-state index contributed by atoms with van der Waals surface area (Å²) < 4.78 is 0. The molecule has 4 rings (SSSR count). The molecule has 2 bridgehead atoms. The lowest BCUT2D eigenvalue weighted by molar-refractivity contribution is -0.0937. The maximum absolute atomic E-state index is 12.2. The fourth-order valence-electron chi connectivity index (χ4n) is 2.88. The molecule has 0 aromatic carbocycles. The van der Waals surface area contributed by atoms with Crippen LogP contribution in [0.15, 0.2) is 18.3 Å². The van der Waals surface area contributed by atoms with Crippen LogP contribution in [-0.4, -0.2) is 33.3 Å². The van der Waals surface area contributed by atoms with Crippen molar-refractivity contribution in [2.24, 2.45) is 0 Å². The zero-order valence-corrected chi connectivity index (χ0v) is 10.9. The third kappa shape index (κ3) is 1.56. The fraction of sp³-hybridized carbons (Fsp3) is 0.500. The third-order valence-electron chi connectivity index (χ3n) is 3.93. The van der Waals surface area contributed by atoms with Crippen LogP contribution >= 0.6 is 23.2 Å². The van der Waals surface area contributed by atoms with Gasteiger partial charge in [0.1, 0.15) is 5.15 Å².